The average Bonchev–Trinajstić information content (AvgIpc) is 2.04. The van der Waals surface area contributed by atoms with Crippen LogP contribution in [0.3, 0.4) is 0 Å². The maximum atomic E-state index is 10.3. The quantitative estimate of drug-likeness (QED) is 0.664. The van der Waals surface area contributed by atoms with Crippen molar-refractivity contribution >= 4 is 0 Å². The van der Waals surface area contributed by atoms with E-state index in [-0.39, 0.29) is 5.41 Å². The molecule has 0 radical (unpaired) electrons. The van der Waals surface area contributed by atoms with Gasteiger partial charge in [0.25, 0.3) is 0 Å². The first kappa shape index (κ1) is 10.8. The number of aliphatic hydroxyl groups is 1. The lowest BCUT2D eigenvalue weighted by Gasteiger charge is -2.37. The van der Waals surface area contributed by atoms with Gasteiger partial charge in [0.2, 0.25) is 0 Å². The van der Waals surface area contributed by atoms with Crippen LogP contribution in [0.15, 0.2) is 12.7 Å². The van der Waals surface area contributed by atoms with Crippen molar-refractivity contribution in [2.75, 3.05) is 0 Å². The molecule has 0 saturated heterocycles. The molecular weight excluding hydrogens is 160 g/mol. The van der Waals surface area contributed by atoms with Crippen molar-refractivity contribution in [3.05, 3.63) is 12.7 Å². The van der Waals surface area contributed by atoms with Crippen molar-refractivity contribution in [3.8, 4) is 0 Å². The van der Waals surface area contributed by atoms with Crippen LogP contribution < -0.4 is 0 Å². The molecule has 1 aliphatic rings. The summed E-state index contributed by atoms with van der Waals surface area (Å²) in [6.07, 6.45) is 8.43. The van der Waals surface area contributed by atoms with Crippen molar-refractivity contribution in [2.24, 2.45) is 5.41 Å². The van der Waals surface area contributed by atoms with Gasteiger partial charge in [0.15, 0.2) is 0 Å². The molecule has 0 atom stereocenters. The molecule has 1 saturated carbocycles. The fraction of sp³-hybridized carbons (Fsp3) is 0.833. The fourth-order valence-electron chi connectivity index (χ4n) is 2.31. The van der Waals surface area contributed by atoms with Gasteiger partial charge in [0.05, 0.1) is 5.60 Å². The molecule has 1 fully saturated rings. The van der Waals surface area contributed by atoms with E-state index in [2.05, 4.69) is 20.4 Å². The summed E-state index contributed by atoms with van der Waals surface area (Å²) in [6, 6.07) is 0. The summed E-state index contributed by atoms with van der Waals surface area (Å²) in [4.78, 5) is 0. The Morgan fingerprint density at radius 1 is 1.31 bits per heavy atom. The first-order valence-electron chi connectivity index (χ1n) is 5.33. The molecule has 0 aromatic heterocycles. The van der Waals surface area contributed by atoms with Crippen LogP contribution in [0.25, 0.3) is 0 Å². The Kier molecular flexibility index (Phi) is 3.18. The van der Waals surface area contributed by atoms with E-state index >= 15 is 0 Å². The zero-order valence-corrected chi connectivity index (χ0v) is 8.97. The van der Waals surface area contributed by atoms with E-state index in [4.69, 9.17) is 0 Å². The van der Waals surface area contributed by atoms with E-state index in [0.29, 0.717) is 0 Å². The lowest BCUT2D eigenvalue weighted by molar-refractivity contribution is -0.0241. The molecule has 0 aromatic carbocycles. The summed E-state index contributed by atoms with van der Waals surface area (Å²) < 4.78 is 0. The van der Waals surface area contributed by atoms with Gasteiger partial charge in [-0.2, -0.15) is 0 Å². The standard InChI is InChI=1S/C12H22O/c1-4-11(2,3)10-12(13)8-6-5-7-9-12/h4,13H,1,5-10H2,2-3H3. The molecule has 0 amide bonds. The van der Waals surface area contributed by atoms with Crippen molar-refractivity contribution in [3.63, 3.8) is 0 Å². The van der Waals surface area contributed by atoms with Gasteiger partial charge in [-0.1, -0.05) is 39.2 Å². The van der Waals surface area contributed by atoms with Crippen molar-refractivity contribution in [1.82, 2.24) is 0 Å². The van der Waals surface area contributed by atoms with Gasteiger partial charge in [0, 0.05) is 0 Å². The minimum Gasteiger partial charge on any atom is -0.390 e. The molecule has 0 aromatic rings. The second-order valence-corrected chi connectivity index (χ2v) is 5.15. The smallest absolute Gasteiger partial charge is 0.0655 e. The zero-order valence-electron chi connectivity index (χ0n) is 8.97. The maximum Gasteiger partial charge on any atom is 0.0655 e. The largest absolute Gasteiger partial charge is 0.390 e. The minimum absolute atomic E-state index is 0.0755. The molecular formula is C12H22O. The lowest BCUT2D eigenvalue weighted by atomic mass is 9.73. The van der Waals surface area contributed by atoms with E-state index in [1.165, 1.54) is 19.3 Å². The van der Waals surface area contributed by atoms with E-state index in [1.807, 2.05) is 6.08 Å². The second-order valence-electron chi connectivity index (χ2n) is 5.15. The molecule has 0 unspecified atom stereocenters. The molecule has 1 aliphatic carbocycles. The van der Waals surface area contributed by atoms with Crippen molar-refractivity contribution in [2.45, 2.75) is 58.0 Å². The Bertz CT molecular complexity index is 176. The Morgan fingerprint density at radius 2 is 1.85 bits per heavy atom. The normalized spacial score (nSPS) is 22.7. The van der Waals surface area contributed by atoms with Crippen molar-refractivity contribution in [1.29, 1.82) is 0 Å². The molecule has 13 heavy (non-hydrogen) atoms. The van der Waals surface area contributed by atoms with E-state index in [0.717, 1.165) is 19.3 Å². The molecule has 1 nitrogen and oxygen atoms in total. The van der Waals surface area contributed by atoms with Crippen molar-refractivity contribution < 1.29 is 5.11 Å². The van der Waals surface area contributed by atoms with Crippen LogP contribution in [-0.4, -0.2) is 10.7 Å². The Labute approximate surface area is 81.9 Å². The molecule has 1 rings (SSSR count). The molecule has 0 heterocycles. The third kappa shape index (κ3) is 3.15. The van der Waals surface area contributed by atoms with Gasteiger partial charge in [0.1, 0.15) is 0 Å². The molecule has 1 N–H and O–H groups in total. The summed E-state index contributed by atoms with van der Waals surface area (Å²) in [5.74, 6) is 0. The molecule has 0 bridgehead atoms. The predicted molar refractivity (Wildman–Crippen MR) is 56.6 cm³/mol. The summed E-state index contributed by atoms with van der Waals surface area (Å²) in [5, 5.41) is 10.3. The summed E-state index contributed by atoms with van der Waals surface area (Å²) in [5.41, 5.74) is -0.331. The third-order valence-corrected chi connectivity index (χ3v) is 3.12. The number of allylic oxidation sites excluding steroid dienone is 1. The predicted octanol–water partition coefficient (Wildman–Crippen LogP) is 3.28. The highest BCUT2D eigenvalue weighted by Crippen LogP contribution is 2.38. The van der Waals surface area contributed by atoms with E-state index in [9.17, 15) is 5.11 Å². The number of rotatable bonds is 3. The maximum absolute atomic E-state index is 10.3. The van der Waals surface area contributed by atoms with Gasteiger partial charge in [-0.05, 0) is 24.7 Å². The van der Waals surface area contributed by atoms with Crippen LogP contribution in [0.4, 0.5) is 0 Å². The van der Waals surface area contributed by atoms with Gasteiger partial charge in [-0.25, -0.2) is 0 Å². The molecule has 1 heteroatoms. The van der Waals surface area contributed by atoms with Crippen LogP contribution >= 0.6 is 0 Å². The highest BCUT2D eigenvalue weighted by molar-refractivity contribution is 4.95. The number of hydrogen-bond donors (Lipinski definition) is 1. The van der Waals surface area contributed by atoms with Gasteiger partial charge < -0.3 is 5.11 Å². The Balaban J connectivity index is 2.54. The molecule has 0 aliphatic heterocycles. The van der Waals surface area contributed by atoms with E-state index < -0.39 is 5.60 Å². The van der Waals surface area contributed by atoms with Crippen LogP contribution in [-0.2, 0) is 0 Å². The summed E-state index contributed by atoms with van der Waals surface area (Å²) in [7, 11) is 0. The van der Waals surface area contributed by atoms with Crippen LogP contribution in [0.5, 0.6) is 0 Å². The Hall–Kier alpha value is -0.300. The van der Waals surface area contributed by atoms with Gasteiger partial charge in [-0.3, -0.25) is 0 Å². The zero-order chi connectivity index (χ0) is 9.95. The second kappa shape index (κ2) is 3.83. The average molecular weight is 182 g/mol. The molecule has 0 spiro atoms. The van der Waals surface area contributed by atoms with Crippen LogP contribution in [0.1, 0.15) is 52.4 Å². The SMILES string of the molecule is C=CC(C)(C)CC1(O)CCCCC1. The monoisotopic (exact) mass is 182 g/mol. The lowest BCUT2D eigenvalue weighted by Crippen LogP contribution is -2.35. The summed E-state index contributed by atoms with van der Waals surface area (Å²) >= 11 is 0. The van der Waals surface area contributed by atoms with Crippen LogP contribution in [0, 0.1) is 5.41 Å². The first-order chi connectivity index (χ1) is 5.97. The van der Waals surface area contributed by atoms with Crippen LogP contribution in [0.2, 0.25) is 0 Å². The minimum atomic E-state index is -0.407. The van der Waals surface area contributed by atoms with Gasteiger partial charge >= 0.3 is 0 Å². The first-order valence-corrected chi connectivity index (χ1v) is 5.33. The highest BCUT2D eigenvalue weighted by Gasteiger charge is 2.33. The highest BCUT2D eigenvalue weighted by atomic mass is 16.3. The molecule has 76 valence electrons. The van der Waals surface area contributed by atoms with Gasteiger partial charge in [-0.15, -0.1) is 6.58 Å². The third-order valence-electron chi connectivity index (χ3n) is 3.12. The Morgan fingerprint density at radius 3 is 2.31 bits per heavy atom. The fourth-order valence-corrected chi connectivity index (χ4v) is 2.31. The van der Waals surface area contributed by atoms with E-state index in [1.54, 1.807) is 0 Å². The summed E-state index contributed by atoms with van der Waals surface area (Å²) in [6.45, 7) is 8.11. The number of hydrogen-bond acceptors (Lipinski definition) is 1. The topological polar surface area (TPSA) is 20.2 Å².